The summed E-state index contributed by atoms with van der Waals surface area (Å²) in [6.07, 6.45) is 8.11. The van der Waals surface area contributed by atoms with Gasteiger partial charge in [-0.3, -0.25) is 4.79 Å². The third-order valence-electron chi connectivity index (χ3n) is 4.78. The summed E-state index contributed by atoms with van der Waals surface area (Å²) in [4.78, 5) is 12.7. The van der Waals surface area contributed by atoms with Crippen molar-refractivity contribution < 1.29 is 4.79 Å². The lowest BCUT2D eigenvalue weighted by Crippen LogP contribution is -2.12. The number of ketones is 1. The monoisotopic (exact) mass is 316 g/mol. The van der Waals surface area contributed by atoms with Crippen molar-refractivity contribution in [2.45, 2.75) is 39.5 Å². The number of rotatable bonds is 5. The number of aryl methyl sites for hydroxylation is 2. The Hall–Kier alpha value is -2.41. The average molecular weight is 316 g/mol. The van der Waals surface area contributed by atoms with Gasteiger partial charge in [0.05, 0.1) is 0 Å². The number of carbonyl (C=O) groups excluding carboxylic acids is 1. The van der Waals surface area contributed by atoms with E-state index < -0.39 is 0 Å². The molecule has 1 aliphatic carbocycles. The summed E-state index contributed by atoms with van der Waals surface area (Å²) in [5.74, 6) is 0.194. The van der Waals surface area contributed by atoms with Gasteiger partial charge in [0.2, 0.25) is 0 Å². The molecule has 0 aliphatic heterocycles. The van der Waals surface area contributed by atoms with Crippen LogP contribution in [0.2, 0.25) is 0 Å². The van der Waals surface area contributed by atoms with Gasteiger partial charge in [-0.15, -0.1) is 0 Å². The second-order valence-corrected chi connectivity index (χ2v) is 6.73. The lowest BCUT2D eigenvalue weighted by molar-refractivity contribution is -0.119. The molecule has 2 aromatic rings. The molecule has 0 fully saturated rings. The minimum atomic E-state index is -0.0774. The molecule has 0 saturated heterocycles. The molecule has 0 N–H and O–H groups in total. The van der Waals surface area contributed by atoms with Crippen LogP contribution < -0.4 is 0 Å². The molecule has 1 nitrogen and oxygen atoms in total. The van der Waals surface area contributed by atoms with Crippen molar-refractivity contribution in [3.63, 3.8) is 0 Å². The number of allylic oxidation sites excluding steroid dienone is 4. The van der Waals surface area contributed by atoms with Gasteiger partial charge in [0.15, 0.2) is 0 Å². The lowest BCUT2D eigenvalue weighted by Gasteiger charge is -2.14. The smallest absolute Gasteiger partial charge is 0.144 e. The predicted molar refractivity (Wildman–Crippen MR) is 101 cm³/mol. The fraction of sp³-hybridized carbons (Fsp3) is 0.261. The van der Waals surface area contributed by atoms with Gasteiger partial charge in [0, 0.05) is 12.3 Å². The largest absolute Gasteiger partial charge is 0.299 e. The van der Waals surface area contributed by atoms with Crippen LogP contribution in [0.5, 0.6) is 0 Å². The number of carbonyl (C=O) groups is 1. The van der Waals surface area contributed by atoms with Crippen LogP contribution in [0.4, 0.5) is 0 Å². The van der Waals surface area contributed by atoms with Crippen molar-refractivity contribution in [2.24, 2.45) is 0 Å². The number of benzene rings is 2. The Labute approximate surface area is 144 Å². The van der Waals surface area contributed by atoms with Crippen LogP contribution in [0.3, 0.4) is 0 Å². The van der Waals surface area contributed by atoms with Crippen LogP contribution in [0.15, 0.2) is 60.7 Å². The first kappa shape index (κ1) is 16.4. The van der Waals surface area contributed by atoms with E-state index in [1.807, 2.05) is 19.1 Å². The molecular formula is C23H24O. The fourth-order valence-corrected chi connectivity index (χ4v) is 3.30. The van der Waals surface area contributed by atoms with E-state index in [1.54, 1.807) is 0 Å². The fourth-order valence-electron chi connectivity index (χ4n) is 3.30. The second kappa shape index (κ2) is 7.00. The van der Waals surface area contributed by atoms with Crippen molar-refractivity contribution in [2.75, 3.05) is 0 Å². The van der Waals surface area contributed by atoms with E-state index in [1.165, 1.54) is 22.3 Å². The number of hydrogen-bond donors (Lipinski definition) is 0. The standard InChI is InChI=1S/C23H24O/c1-16-7-6-8-19(13-16)15-23(24)18(3)21-11-12-22(17(2)14-21)20-9-4-5-10-20/h4,6-14,18H,5,15H2,1-3H3/t18-/m1/s1. The zero-order valence-electron chi connectivity index (χ0n) is 14.7. The molecular weight excluding hydrogens is 292 g/mol. The topological polar surface area (TPSA) is 17.1 Å². The molecule has 2 aromatic carbocycles. The maximum absolute atomic E-state index is 12.7. The normalized spacial score (nSPS) is 14.5. The zero-order chi connectivity index (χ0) is 17.1. The first-order chi connectivity index (χ1) is 11.5. The highest BCUT2D eigenvalue weighted by Gasteiger charge is 2.17. The molecule has 1 heteroatoms. The minimum Gasteiger partial charge on any atom is -0.299 e. The Morgan fingerprint density at radius 3 is 2.62 bits per heavy atom. The molecule has 0 unspecified atom stereocenters. The molecule has 3 rings (SSSR count). The van der Waals surface area contributed by atoms with Crippen molar-refractivity contribution in [1.82, 2.24) is 0 Å². The minimum absolute atomic E-state index is 0.0774. The van der Waals surface area contributed by atoms with E-state index in [-0.39, 0.29) is 11.7 Å². The maximum atomic E-state index is 12.7. The summed E-state index contributed by atoms with van der Waals surface area (Å²) in [5.41, 5.74) is 7.20. The zero-order valence-corrected chi connectivity index (χ0v) is 14.7. The Balaban J connectivity index is 1.77. The van der Waals surface area contributed by atoms with Crippen molar-refractivity contribution in [1.29, 1.82) is 0 Å². The first-order valence-corrected chi connectivity index (χ1v) is 8.60. The van der Waals surface area contributed by atoms with E-state index in [0.29, 0.717) is 6.42 Å². The number of Topliss-reactive ketones (excluding diaryl/α,β-unsaturated/α-hetero) is 1. The molecule has 0 radical (unpaired) electrons. The van der Waals surface area contributed by atoms with Crippen LogP contribution in [0.25, 0.3) is 5.57 Å². The van der Waals surface area contributed by atoms with Gasteiger partial charge in [0.1, 0.15) is 5.78 Å². The molecule has 1 atom stereocenters. The van der Waals surface area contributed by atoms with Gasteiger partial charge in [-0.2, -0.15) is 0 Å². The predicted octanol–water partition coefficient (Wildman–Crippen LogP) is 5.56. The first-order valence-electron chi connectivity index (χ1n) is 8.60. The average Bonchev–Trinajstić information content (AvgIpc) is 3.08. The van der Waals surface area contributed by atoms with Crippen LogP contribution in [-0.4, -0.2) is 5.78 Å². The Bertz CT molecular complexity index is 824. The number of hydrogen-bond acceptors (Lipinski definition) is 1. The summed E-state index contributed by atoms with van der Waals surface area (Å²) in [5, 5.41) is 0. The van der Waals surface area contributed by atoms with Crippen LogP contribution in [0, 0.1) is 13.8 Å². The Morgan fingerprint density at radius 2 is 1.96 bits per heavy atom. The highest BCUT2D eigenvalue weighted by Crippen LogP contribution is 2.28. The Kier molecular flexibility index (Phi) is 4.80. The van der Waals surface area contributed by atoms with Gasteiger partial charge >= 0.3 is 0 Å². The van der Waals surface area contributed by atoms with Crippen molar-refractivity contribution in [3.8, 4) is 0 Å². The second-order valence-electron chi connectivity index (χ2n) is 6.73. The SMILES string of the molecule is Cc1cccc(CC(=O)[C@H](C)c2ccc(C3=CCC=C3)c(C)c2)c1. The summed E-state index contributed by atoms with van der Waals surface area (Å²) in [6.45, 7) is 6.20. The van der Waals surface area contributed by atoms with E-state index in [0.717, 1.165) is 17.5 Å². The highest BCUT2D eigenvalue weighted by molar-refractivity contribution is 5.87. The van der Waals surface area contributed by atoms with Crippen molar-refractivity contribution >= 4 is 11.4 Å². The van der Waals surface area contributed by atoms with E-state index in [4.69, 9.17) is 0 Å². The van der Waals surface area contributed by atoms with Gasteiger partial charge in [-0.05, 0) is 48.1 Å². The molecule has 0 heterocycles. The van der Waals surface area contributed by atoms with Crippen molar-refractivity contribution in [3.05, 3.63) is 88.5 Å². The summed E-state index contributed by atoms with van der Waals surface area (Å²) in [6, 6.07) is 14.6. The molecule has 0 spiro atoms. The summed E-state index contributed by atoms with van der Waals surface area (Å²) >= 11 is 0. The molecule has 24 heavy (non-hydrogen) atoms. The molecule has 122 valence electrons. The maximum Gasteiger partial charge on any atom is 0.144 e. The van der Waals surface area contributed by atoms with E-state index >= 15 is 0 Å². The van der Waals surface area contributed by atoms with Crippen LogP contribution in [0.1, 0.15) is 47.1 Å². The molecule has 1 aliphatic rings. The third-order valence-corrected chi connectivity index (χ3v) is 4.78. The van der Waals surface area contributed by atoms with Gasteiger partial charge in [-0.25, -0.2) is 0 Å². The Morgan fingerprint density at radius 1 is 1.12 bits per heavy atom. The van der Waals surface area contributed by atoms with E-state index in [2.05, 4.69) is 62.4 Å². The molecule has 0 saturated carbocycles. The summed E-state index contributed by atoms with van der Waals surface area (Å²) in [7, 11) is 0. The quantitative estimate of drug-likeness (QED) is 0.705. The van der Waals surface area contributed by atoms with Gasteiger partial charge < -0.3 is 0 Å². The van der Waals surface area contributed by atoms with Gasteiger partial charge in [0.25, 0.3) is 0 Å². The highest BCUT2D eigenvalue weighted by atomic mass is 16.1. The van der Waals surface area contributed by atoms with Crippen LogP contribution in [-0.2, 0) is 11.2 Å². The van der Waals surface area contributed by atoms with E-state index in [9.17, 15) is 4.79 Å². The summed E-state index contributed by atoms with van der Waals surface area (Å²) < 4.78 is 0. The molecule has 0 bridgehead atoms. The molecule has 0 aromatic heterocycles. The van der Waals surface area contributed by atoms with Gasteiger partial charge in [-0.1, -0.05) is 73.2 Å². The molecule has 0 amide bonds. The third kappa shape index (κ3) is 3.56. The van der Waals surface area contributed by atoms with Crippen LogP contribution >= 0.6 is 0 Å². The lowest BCUT2D eigenvalue weighted by atomic mass is 9.89.